The van der Waals surface area contributed by atoms with Gasteiger partial charge in [0.2, 0.25) is 5.91 Å². The Kier molecular flexibility index (Phi) is 4.52. The van der Waals surface area contributed by atoms with Crippen LogP contribution in [-0.2, 0) is 10.2 Å². The Bertz CT molecular complexity index is 755. The molecule has 1 aromatic rings. The fraction of sp³-hybridized carbons (Fsp3) is 0.619. The number of ether oxygens (including phenoxy) is 1. The molecule has 1 saturated carbocycles. The Morgan fingerprint density at radius 1 is 1.30 bits per heavy atom. The molecule has 3 N–H and O–H groups in total. The number of hydrogen-bond donors (Lipinski definition) is 2. The first-order valence-corrected chi connectivity index (χ1v) is 10.0. The highest BCUT2D eigenvalue weighted by atomic mass is 16.5. The molecule has 2 fully saturated rings. The van der Waals surface area contributed by atoms with Crippen LogP contribution in [0.3, 0.4) is 0 Å². The summed E-state index contributed by atoms with van der Waals surface area (Å²) >= 11 is 0. The SMILES string of the molecule is CC(C)c1ccc2c(c1)[C@]1(CCO2)C[C@H]1C(=O)NC1CCN(C(N)=O)CC1. The van der Waals surface area contributed by atoms with Gasteiger partial charge in [0.05, 0.1) is 6.61 Å². The Hall–Kier alpha value is -2.24. The summed E-state index contributed by atoms with van der Waals surface area (Å²) in [7, 11) is 0. The number of likely N-dealkylation sites (tertiary alicyclic amines) is 1. The first kappa shape index (κ1) is 18.1. The van der Waals surface area contributed by atoms with Gasteiger partial charge in [-0.05, 0) is 43.2 Å². The molecule has 1 spiro atoms. The number of fused-ring (bicyclic) bond motifs is 2. The topological polar surface area (TPSA) is 84.7 Å². The number of rotatable bonds is 3. The van der Waals surface area contributed by atoms with E-state index in [0.717, 1.165) is 31.4 Å². The van der Waals surface area contributed by atoms with Gasteiger partial charge in [0, 0.05) is 36.0 Å². The Morgan fingerprint density at radius 2 is 2.04 bits per heavy atom. The lowest BCUT2D eigenvalue weighted by Crippen LogP contribution is -2.48. The number of nitrogens with zero attached hydrogens (tertiary/aromatic N) is 1. The number of carbonyl (C=O) groups excluding carboxylic acids is 2. The van der Waals surface area contributed by atoms with Crippen molar-refractivity contribution in [3.63, 3.8) is 0 Å². The smallest absolute Gasteiger partial charge is 0.314 e. The molecule has 6 heteroatoms. The van der Waals surface area contributed by atoms with Gasteiger partial charge in [0.25, 0.3) is 0 Å². The van der Waals surface area contributed by atoms with Crippen molar-refractivity contribution in [3.8, 4) is 5.75 Å². The maximum atomic E-state index is 12.9. The molecule has 146 valence electrons. The normalized spacial score (nSPS) is 27.2. The van der Waals surface area contributed by atoms with Crippen LogP contribution in [-0.4, -0.2) is 42.6 Å². The summed E-state index contributed by atoms with van der Waals surface area (Å²) in [4.78, 5) is 25.8. The highest BCUT2D eigenvalue weighted by Crippen LogP contribution is 2.61. The zero-order valence-corrected chi connectivity index (χ0v) is 16.2. The van der Waals surface area contributed by atoms with Crippen molar-refractivity contribution in [2.24, 2.45) is 11.7 Å². The van der Waals surface area contributed by atoms with Gasteiger partial charge in [-0.25, -0.2) is 4.79 Å². The van der Waals surface area contributed by atoms with Crippen molar-refractivity contribution < 1.29 is 14.3 Å². The van der Waals surface area contributed by atoms with E-state index >= 15 is 0 Å². The Labute approximate surface area is 160 Å². The molecule has 6 nitrogen and oxygen atoms in total. The van der Waals surface area contributed by atoms with E-state index in [-0.39, 0.29) is 29.3 Å². The molecule has 4 rings (SSSR count). The third-order valence-corrected chi connectivity index (χ3v) is 6.56. The lowest BCUT2D eigenvalue weighted by Gasteiger charge is -2.32. The zero-order chi connectivity index (χ0) is 19.2. The number of benzene rings is 1. The predicted molar refractivity (Wildman–Crippen MR) is 103 cm³/mol. The molecular formula is C21H29N3O3. The first-order valence-electron chi connectivity index (χ1n) is 10.0. The highest BCUT2D eigenvalue weighted by molar-refractivity contribution is 5.85. The Morgan fingerprint density at radius 3 is 2.70 bits per heavy atom. The quantitative estimate of drug-likeness (QED) is 0.856. The van der Waals surface area contributed by atoms with Gasteiger partial charge in [-0.1, -0.05) is 26.0 Å². The van der Waals surface area contributed by atoms with E-state index in [2.05, 4.69) is 37.4 Å². The first-order chi connectivity index (χ1) is 12.9. The monoisotopic (exact) mass is 371 g/mol. The average molecular weight is 371 g/mol. The predicted octanol–water partition coefficient (Wildman–Crippen LogP) is 2.51. The largest absolute Gasteiger partial charge is 0.493 e. The van der Waals surface area contributed by atoms with Crippen LogP contribution < -0.4 is 15.8 Å². The number of nitrogens with two attached hydrogens (primary N) is 1. The molecule has 2 aliphatic heterocycles. The number of hydrogen-bond acceptors (Lipinski definition) is 3. The van der Waals surface area contributed by atoms with Gasteiger partial charge in [-0.3, -0.25) is 4.79 Å². The van der Waals surface area contributed by atoms with Gasteiger partial charge in [0.1, 0.15) is 5.75 Å². The third-order valence-electron chi connectivity index (χ3n) is 6.56. The minimum atomic E-state index is -0.374. The molecule has 2 heterocycles. The van der Waals surface area contributed by atoms with Crippen molar-refractivity contribution in [1.29, 1.82) is 0 Å². The molecule has 1 saturated heterocycles. The fourth-order valence-electron chi connectivity index (χ4n) is 4.67. The lowest BCUT2D eigenvalue weighted by atomic mass is 9.85. The molecule has 0 unspecified atom stereocenters. The second kappa shape index (κ2) is 6.73. The van der Waals surface area contributed by atoms with Crippen molar-refractivity contribution in [3.05, 3.63) is 29.3 Å². The van der Waals surface area contributed by atoms with Gasteiger partial charge in [-0.15, -0.1) is 0 Å². The molecule has 3 aliphatic rings. The van der Waals surface area contributed by atoms with E-state index < -0.39 is 0 Å². The van der Waals surface area contributed by atoms with Crippen LogP contribution in [0.25, 0.3) is 0 Å². The number of nitrogens with one attached hydrogen (secondary N) is 1. The summed E-state index contributed by atoms with van der Waals surface area (Å²) < 4.78 is 5.87. The number of amides is 3. The zero-order valence-electron chi connectivity index (χ0n) is 16.2. The number of carbonyl (C=O) groups is 2. The van der Waals surface area contributed by atoms with Crippen LogP contribution in [0.4, 0.5) is 4.79 Å². The van der Waals surface area contributed by atoms with Gasteiger partial charge >= 0.3 is 6.03 Å². The van der Waals surface area contributed by atoms with Crippen molar-refractivity contribution >= 4 is 11.9 Å². The maximum absolute atomic E-state index is 12.9. The summed E-state index contributed by atoms with van der Waals surface area (Å²) in [6, 6.07) is 6.20. The van der Waals surface area contributed by atoms with Crippen LogP contribution in [0.1, 0.15) is 56.6 Å². The van der Waals surface area contributed by atoms with E-state index in [1.54, 1.807) is 4.90 Å². The summed E-state index contributed by atoms with van der Waals surface area (Å²) in [5.41, 5.74) is 7.78. The molecule has 0 aromatic heterocycles. The summed E-state index contributed by atoms with van der Waals surface area (Å²) in [5.74, 6) is 1.57. The van der Waals surface area contributed by atoms with Crippen molar-refractivity contribution in [1.82, 2.24) is 10.2 Å². The fourth-order valence-corrected chi connectivity index (χ4v) is 4.67. The van der Waals surface area contributed by atoms with E-state index in [1.165, 1.54) is 11.1 Å². The van der Waals surface area contributed by atoms with Gasteiger partial charge in [0.15, 0.2) is 0 Å². The molecule has 27 heavy (non-hydrogen) atoms. The van der Waals surface area contributed by atoms with Crippen LogP contribution in [0, 0.1) is 5.92 Å². The van der Waals surface area contributed by atoms with Gasteiger partial charge < -0.3 is 20.7 Å². The van der Waals surface area contributed by atoms with Crippen LogP contribution in [0.5, 0.6) is 5.75 Å². The Balaban J connectivity index is 1.44. The minimum Gasteiger partial charge on any atom is -0.493 e. The average Bonchev–Trinajstić information content (AvgIpc) is 3.37. The number of primary amides is 1. The molecule has 1 aliphatic carbocycles. The lowest BCUT2D eigenvalue weighted by molar-refractivity contribution is -0.123. The van der Waals surface area contributed by atoms with Crippen LogP contribution in [0.2, 0.25) is 0 Å². The molecular weight excluding hydrogens is 342 g/mol. The summed E-state index contributed by atoms with van der Waals surface area (Å²) in [6.07, 6.45) is 3.34. The van der Waals surface area contributed by atoms with Crippen molar-refractivity contribution in [2.75, 3.05) is 19.7 Å². The molecule has 2 atom stereocenters. The third kappa shape index (κ3) is 3.26. The number of urea groups is 1. The molecule has 1 aromatic carbocycles. The van der Waals surface area contributed by atoms with E-state index in [9.17, 15) is 9.59 Å². The van der Waals surface area contributed by atoms with Crippen LogP contribution in [0.15, 0.2) is 18.2 Å². The van der Waals surface area contributed by atoms with E-state index in [4.69, 9.17) is 10.5 Å². The van der Waals surface area contributed by atoms with Crippen LogP contribution >= 0.6 is 0 Å². The summed E-state index contributed by atoms with van der Waals surface area (Å²) in [5, 5.41) is 3.22. The molecule has 0 bridgehead atoms. The van der Waals surface area contributed by atoms with Crippen molar-refractivity contribution in [2.45, 2.75) is 56.9 Å². The van der Waals surface area contributed by atoms with Gasteiger partial charge in [-0.2, -0.15) is 0 Å². The second-order valence-corrected chi connectivity index (χ2v) is 8.53. The van der Waals surface area contributed by atoms with E-state index in [1.807, 2.05) is 0 Å². The standard InChI is InChI=1S/C21H29N3O3/c1-13(2)14-3-4-18-16(11-14)21(7-10-27-18)12-17(21)19(25)23-15-5-8-24(9-6-15)20(22)26/h3-4,11,13,15,17H,5-10,12H2,1-2H3,(H2,22,26)(H,23,25)/t17-,21-/m0/s1. The highest BCUT2D eigenvalue weighted by Gasteiger charge is 2.61. The molecule has 0 radical (unpaired) electrons. The summed E-state index contributed by atoms with van der Waals surface area (Å²) in [6.45, 7) is 6.28. The second-order valence-electron chi connectivity index (χ2n) is 8.53. The minimum absolute atomic E-state index is 0.0248. The van der Waals surface area contributed by atoms with E-state index in [0.29, 0.717) is 25.6 Å². The number of piperidine rings is 1. The molecule has 3 amide bonds. The maximum Gasteiger partial charge on any atom is 0.314 e.